The molecule has 1 N–H and O–H groups in total. The molecule has 4 rings (SSSR count). The Bertz CT molecular complexity index is 1080. The van der Waals surface area contributed by atoms with Gasteiger partial charge >= 0.3 is 0 Å². The van der Waals surface area contributed by atoms with Gasteiger partial charge in [0.1, 0.15) is 10.8 Å². The van der Waals surface area contributed by atoms with Gasteiger partial charge in [-0.05, 0) is 36.4 Å². The van der Waals surface area contributed by atoms with Gasteiger partial charge in [-0.3, -0.25) is 4.79 Å². The van der Waals surface area contributed by atoms with Gasteiger partial charge in [0.2, 0.25) is 5.91 Å². The number of halogens is 1. The summed E-state index contributed by atoms with van der Waals surface area (Å²) in [5.41, 5.74) is 2.10. The first-order chi connectivity index (χ1) is 13.2. The van der Waals surface area contributed by atoms with Crippen LogP contribution in [0.3, 0.4) is 0 Å². The highest BCUT2D eigenvalue weighted by molar-refractivity contribution is 7.99. The predicted octanol–water partition coefficient (Wildman–Crippen LogP) is 3.66. The Balaban J connectivity index is 1.47. The minimum Gasteiger partial charge on any atom is -0.325 e. The molecule has 0 bridgehead atoms. The van der Waals surface area contributed by atoms with E-state index in [1.54, 1.807) is 10.6 Å². The normalized spacial score (nSPS) is 10.9. The zero-order chi connectivity index (χ0) is 18.6. The zero-order valence-corrected chi connectivity index (χ0v) is 14.9. The summed E-state index contributed by atoms with van der Waals surface area (Å²) in [6, 6.07) is 18.9. The summed E-state index contributed by atoms with van der Waals surface area (Å²) in [6.45, 7) is 0. The molecular formula is C19H14FN5OS. The number of aromatic nitrogens is 4. The van der Waals surface area contributed by atoms with Gasteiger partial charge < -0.3 is 5.32 Å². The molecule has 8 heteroatoms. The van der Waals surface area contributed by atoms with Crippen molar-refractivity contribution in [3.05, 3.63) is 72.5 Å². The number of benzene rings is 2. The van der Waals surface area contributed by atoms with Crippen LogP contribution < -0.4 is 5.32 Å². The van der Waals surface area contributed by atoms with Crippen LogP contribution in [0.4, 0.5) is 10.1 Å². The largest absolute Gasteiger partial charge is 0.325 e. The average molecular weight is 379 g/mol. The van der Waals surface area contributed by atoms with E-state index in [-0.39, 0.29) is 17.5 Å². The van der Waals surface area contributed by atoms with Crippen LogP contribution in [-0.4, -0.2) is 31.5 Å². The van der Waals surface area contributed by atoms with E-state index in [2.05, 4.69) is 20.6 Å². The maximum atomic E-state index is 12.9. The molecule has 6 nitrogen and oxygen atoms in total. The maximum Gasteiger partial charge on any atom is 0.234 e. The number of nitrogens with one attached hydrogen (secondary N) is 1. The minimum absolute atomic E-state index is 0.179. The Morgan fingerprint density at radius 1 is 1.00 bits per heavy atom. The number of hydrogen-bond acceptors (Lipinski definition) is 5. The second-order valence-corrected chi connectivity index (χ2v) is 6.67. The van der Waals surface area contributed by atoms with E-state index in [0.29, 0.717) is 22.2 Å². The highest BCUT2D eigenvalue weighted by atomic mass is 32.2. The SMILES string of the molecule is O=C(CSc1ccc2nnc(-c3ccccc3)n2n1)Nc1ccc(F)cc1. The number of rotatable bonds is 5. The average Bonchev–Trinajstić information content (AvgIpc) is 3.12. The molecule has 2 aromatic heterocycles. The fraction of sp³-hybridized carbons (Fsp3) is 0.0526. The highest BCUT2D eigenvalue weighted by Gasteiger charge is 2.11. The maximum absolute atomic E-state index is 12.9. The van der Waals surface area contributed by atoms with Crippen molar-refractivity contribution >= 4 is 29.0 Å². The summed E-state index contributed by atoms with van der Waals surface area (Å²) in [5, 5.41) is 16.2. The lowest BCUT2D eigenvalue weighted by Gasteiger charge is -2.05. The first-order valence-corrected chi connectivity index (χ1v) is 9.14. The van der Waals surface area contributed by atoms with Gasteiger partial charge in [-0.2, -0.15) is 9.61 Å². The van der Waals surface area contributed by atoms with Crippen LogP contribution in [0.15, 0.2) is 71.8 Å². The van der Waals surface area contributed by atoms with E-state index >= 15 is 0 Å². The monoisotopic (exact) mass is 379 g/mol. The van der Waals surface area contributed by atoms with Crippen LogP contribution in [0.5, 0.6) is 0 Å². The number of fused-ring (bicyclic) bond motifs is 1. The molecule has 0 radical (unpaired) electrons. The number of anilines is 1. The van der Waals surface area contributed by atoms with Crippen molar-refractivity contribution in [2.45, 2.75) is 5.03 Å². The molecule has 0 aliphatic carbocycles. The number of carbonyl (C=O) groups excluding carboxylic acids is 1. The van der Waals surface area contributed by atoms with E-state index in [4.69, 9.17) is 0 Å². The molecule has 0 aliphatic rings. The first kappa shape index (κ1) is 17.2. The third kappa shape index (κ3) is 3.95. The third-order valence-corrected chi connectivity index (χ3v) is 4.67. The summed E-state index contributed by atoms with van der Waals surface area (Å²) in [7, 11) is 0. The lowest BCUT2D eigenvalue weighted by Crippen LogP contribution is -2.14. The number of nitrogens with zero attached hydrogens (tertiary/aromatic N) is 4. The molecule has 0 fully saturated rings. The van der Waals surface area contributed by atoms with Crippen LogP contribution in [0.25, 0.3) is 17.0 Å². The van der Waals surface area contributed by atoms with Crippen LogP contribution in [0.2, 0.25) is 0 Å². The summed E-state index contributed by atoms with van der Waals surface area (Å²) >= 11 is 1.30. The quantitative estimate of drug-likeness (QED) is 0.536. The summed E-state index contributed by atoms with van der Waals surface area (Å²) in [5.74, 6) is 0.283. The number of thioether (sulfide) groups is 1. The van der Waals surface area contributed by atoms with Gasteiger partial charge in [0.05, 0.1) is 5.75 Å². The molecule has 0 atom stereocenters. The molecule has 0 aliphatic heterocycles. The molecule has 0 saturated heterocycles. The first-order valence-electron chi connectivity index (χ1n) is 8.15. The second-order valence-electron chi connectivity index (χ2n) is 5.67. The Morgan fingerprint density at radius 3 is 2.56 bits per heavy atom. The molecule has 4 aromatic rings. The van der Waals surface area contributed by atoms with Gasteiger partial charge in [0, 0.05) is 11.3 Å². The van der Waals surface area contributed by atoms with Crippen molar-refractivity contribution in [1.82, 2.24) is 19.8 Å². The van der Waals surface area contributed by atoms with E-state index in [1.165, 1.54) is 36.0 Å². The van der Waals surface area contributed by atoms with Gasteiger partial charge in [0.15, 0.2) is 11.5 Å². The second kappa shape index (κ2) is 7.55. The van der Waals surface area contributed by atoms with E-state index in [9.17, 15) is 9.18 Å². The van der Waals surface area contributed by atoms with E-state index < -0.39 is 0 Å². The molecule has 134 valence electrons. The van der Waals surface area contributed by atoms with Crippen LogP contribution in [0, 0.1) is 5.82 Å². The molecule has 27 heavy (non-hydrogen) atoms. The molecule has 1 amide bonds. The van der Waals surface area contributed by atoms with Crippen LogP contribution in [-0.2, 0) is 4.79 Å². The molecule has 0 spiro atoms. The molecule has 2 aromatic carbocycles. The smallest absolute Gasteiger partial charge is 0.234 e. The van der Waals surface area contributed by atoms with E-state index in [0.717, 1.165) is 5.56 Å². The number of carbonyl (C=O) groups is 1. The fourth-order valence-corrected chi connectivity index (χ4v) is 3.14. The minimum atomic E-state index is -0.344. The Kier molecular flexibility index (Phi) is 4.80. The van der Waals surface area contributed by atoms with Crippen molar-refractivity contribution in [2.75, 3.05) is 11.1 Å². The lowest BCUT2D eigenvalue weighted by atomic mass is 10.2. The summed E-state index contributed by atoms with van der Waals surface area (Å²) < 4.78 is 14.6. The van der Waals surface area contributed by atoms with Crippen LogP contribution in [0.1, 0.15) is 0 Å². The fourth-order valence-electron chi connectivity index (χ4n) is 2.49. The van der Waals surface area contributed by atoms with Crippen molar-refractivity contribution in [2.24, 2.45) is 0 Å². The standard InChI is InChI=1S/C19H14FN5OS/c20-14-6-8-15(9-7-14)21-17(26)12-27-18-11-10-16-22-23-19(25(16)24-18)13-4-2-1-3-5-13/h1-11H,12H2,(H,21,26). The molecular weight excluding hydrogens is 365 g/mol. The van der Waals surface area contributed by atoms with Gasteiger partial charge in [-0.1, -0.05) is 42.1 Å². The zero-order valence-electron chi connectivity index (χ0n) is 14.0. The van der Waals surface area contributed by atoms with Crippen molar-refractivity contribution < 1.29 is 9.18 Å². The molecule has 2 heterocycles. The molecule has 0 saturated carbocycles. The van der Waals surface area contributed by atoms with Gasteiger partial charge in [-0.25, -0.2) is 4.39 Å². The number of amides is 1. The molecule has 0 unspecified atom stereocenters. The number of hydrogen-bond donors (Lipinski definition) is 1. The summed E-state index contributed by atoms with van der Waals surface area (Å²) in [6.07, 6.45) is 0. The Hall–Kier alpha value is -3.26. The van der Waals surface area contributed by atoms with Crippen molar-refractivity contribution in [3.8, 4) is 11.4 Å². The summed E-state index contributed by atoms with van der Waals surface area (Å²) in [4.78, 5) is 12.1. The van der Waals surface area contributed by atoms with Crippen molar-refractivity contribution in [1.29, 1.82) is 0 Å². The van der Waals surface area contributed by atoms with E-state index in [1.807, 2.05) is 36.4 Å². The lowest BCUT2D eigenvalue weighted by molar-refractivity contribution is -0.113. The Morgan fingerprint density at radius 2 is 1.78 bits per heavy atom. The third-order valence-electron chi connectivity index (χ3n) is 3.75. The Labute approximate surface area is 158 Å². The van der Waals surface area contributed by atoms with Crippen molar-refractivity contribution in [3.63, 3.8) is 0 Å². The predicted molar refractivity (Wildman–Crippen MR) is 102 cm³/mol. The van der Waals surface area contributed by atoms with Gasteiger partial charge in [0.25, 0.3) is 0 Å². The van der Waals surface area contributed by atoms with Gasteiger partial charge in [-0.15, -0.1) is 10.2 Å². The highest BCUT2D eigenvalue weighted by Crippen LogP contribution is 2.20. The topological polar surface area (TPSA) is 72.2 Å². The van der Waals surface area contributed by atoms with Crippen LogP contribution >= 0.6 is 11.8 Å².